The third kappa shape index (κ3) is 3.90. The summed E-state index contributed by atoms with van der Waals surface area (Å²) in [4.78, 5) is 14.6. The summed E-state index contributed by atoms with van der Waals surface area (Å²) in [5, 5.41) is 3.11. The van der Waals surface area contributed by atoms with Gasteiger partial charge >= 0.3 is 6.03 Å². The molecule has 0 spiro atoms. The van der Waals surface area contributed by atoms with E-state index in [0.29, 0.717) is 19.7 Å². The van der Waals surface area contributed by atoms with Crippen LogP contribution in [0.25, 0.3) is 0 Å². The van der Waals surface area contributed by atoms with E-state index < -0.39 is 0 Å². The minimum absolute atomic E-state index is 0.000350. The number of carbonyl (C=O) groups is 1. The predicted molar refractivity (Wildman–Crippen MR) is 94.5 cm³/mol. The first-order valence-electron chi connectivity index (χ1n) is 9.12. The SMILES string of the molecule is CCc1ccc(CC)c(NC(=O)N2CCO[C@H]([C@H]3CCCO3)C2)c1. The second kappa shape index (κ2) is 7.99. The number of benzene rings is 1. The molecule has 2 atom stereocenters. The lowest BCUT2D eigenvalue weighted by Gasteiger charge is -2.35. The Kier molecular flexibility index (Phi) is 5.74. The Bertz CT molecular complexity index is 570. The summed E-state index contributed by atoms with van der Waals surface area (Å²) in [6.45, 7) is 6.85. The Morgan fingerprint density at radius 3 is 2.75 bits per heavy atom. The average molecular weight is 332 g/mol. The van der Waals surface area contributed by atoms with Crippen LogP contribution in [0.4, 0.5) is 10.5 Å². The van der Waals surface area contributed by atoms with Gasteiger partial charge in [0, 0.05) is 18.8 Å². The van der Waals surface area contributed by atoms with Crippen LogP contribution in [0.3, 0.4) is 0 Å². The molecule has 0 aromatic heterocycles. The quantitative estimate of drug-likeness (QED) is 0.921. The fourth-order valence-electron chi connectivity index (χ4n) is 3.44. The van der Waals surface area contributed by atoms with E-state index >= 15 is 0 Å². The molecular formula is C19H28N2O3. The van der Waals surface area contributed by atoms with Gasteiger partial charge in [0.1, 0.15) is 6.10 Å². The molecule has 2 fully saturated rings. The van der Waals surface area contributed by atoms with E-state index in [1.165, 1.54) is 11.1 Å². The Morgan fingerprint density at radius 2 is 2.04 bits per heavy atom. The Balaban J connectivity index is 1.65. The molecule has 5 heteroatoms. The van der Waals surface area contributed by atoms with Crippen molar-refractivity contribution >= 4 is 11.7 Å². The number of rotatable bonds is 4. The number of morpholine rings is 1. The Morgan fingerprint density at radius 1 is 1.21 bits per heavy atom. The second-order valence-corrected chi connectivity index (χ2v) is 6.54. The number of hydrogen-bond acceptors (Lipinski definition) is 3. The second-order valence-electron chi connectivity index (χ2n) is 6.54. The van der Waals surface area contributed by atoms with Crippen molar-refractivity contribution in [3.8, 4) is 0 Å². The van der Waals surface area contributed by atoms with Gasteiger partial charge in [-0.2, -0.15) is 0 Å². The maximum absolute atomic E-state index is 12.7. The summed E-state index contributed by atoms with van der Waals surface area (Å²) in [5.74, 6) is 0. The van der Waals surface area contributed by atoms with E-state index in [0.717, 1.165) is 38.0 Å². The zero-order valence-corrected chi connectivity index (χ0v) is 14.7. The van der Waals surface area contributed by atoms with Crippen LogP contribution in [0.2, 0.25) is 0 Å². The molecule has 24 heavy (non-hydrogen) atoms. The van der Waals surface area contributed by atoms with Gasteiger partial charge in [-0.25, -0.2) is 4.79 Å². The zero-order chi connectivity index (χ0) is 16.9. The number of carbonyl (C=O) groups excluding carboxylic acids is 1. The normalized spacial score (nSPS) is 24.2. The summed E-state index contributed by atoms with van der Waals surface area (Å²) in [6.07, 6.45) is 4.11. The smallest absolute Gasteiger partial charge is 0.322 e. The highest BCUT2D eigenvalue weighted by Gasteiger charge is 2.32. The van der Waals surface area contributed by atoms with Gasteiger partial charge in [-0.1, -0.05) is 26.0 Å². The Hall–Kier alpha value is -1.59. The van der Waals surface area contributed by atoms with Gasteiger partial charge in [-0.15, -0.1) is 0 Å². The molecule has 1 N–H and O–H groups in total. The first kappa shape index (κ1) is 17.2. The maximum Gasteiger partial charge on any atom is 0.322 e. The number of aryl methyl sites for hydroxylation is 2. The van der Waals surface area contributed by atoms with Gasteiger partial charge in [0.2, 0.25) is 0 Å². The van der Waals surface area contributed by atoms with Crippen LogP contribution in [0.15, 0.2) is 18.2 Å². The summed E-state index contributed by atoms with van der Waals surface area (Å²) >= 11 is 0. The molecule has 1 aromatic rings. The van der Waals surface area contributed by atoms with Crippen LogP contribution in [-0.4, -0.2) is 49.4 Å². The summed E-state index contributed by atoms with van der Waals surface area (Å²) in [5.41, 5.74) is 3.34. The van der Waals surface area contributed by atoms with Crippen molar-refractivity contribution in [2.24, 2.45) is 0 Å². The lowest BCUT2D eigenvalue weighted by molar-refractivity contribution is -0.0839. The number of anilines is 1. The third-order valence-corrected chi connectivity index (χ3v) is 4.97. The van der Waals surface area contributed by atoms with E-state index in [-0.39, 0.29) is 18.2 Å². The molecular weight excluding hydrogens is 304 g/mol. The number of amides is 2. The minimum atomic E-state index is -0.0377. The molecule has 2 aliphatic heterocycles. The van der Waals surface area contributed by atoms with E-state index in [9.17, 15) is 4.79 Å². The third-order valence-electron chi connectivity index (χ3n) is 4.97. The van der Waals surface area contributed by atoms with Gasteiger partial charge in [0.15, 0.2) is 0 Å². The van der Waals surface area contributed by atoms with Crippen molar-refractivity contribution in [1.82, 2.24) is 4.90 Å². The largest absolute Gasteiger partial charge is 0.375 e. The number of urea groups is 1. The molecule has 0 radical (unpaired) electrons. The fourth-order valence-corrected chi connectivity index (χ4v) is 3.44. The number of nitrogens with one attached hydrogen (secondary N) is 1. The van der Waals surface area contributed by atoms with Crippen LogP contribution in [0.1, 0.15) is 37.8 Å². The topological polar surface area (TPSA) is 50.8 Å². The molecule has 0 bridgehead atoms. The van der Waals surface area contributed by atoms with Crippen molar-refractivity contribution < 1.29 is 14.3 Å². The van der Waals surface area contributed by atoms with E-state index in [2.05, 4.69) is 37.4 Å². The van der Waals surface area contributed by atoms with Gasteiger partial charge in [0.05, 0.1) is 19.3 Å². The molecule has 2 saturated heterocycles. The summed E-state index contributed by atoms with van der Waals surface area (Å²) in [6, 6.07) is 6.30. The summed E-state index contributed by atoms with van der Waals surface area (Å²) < 4.78 is 11.5. The molecule has 2 aliphatic rings. The lowest BCUT2D eigenvalue weighted by atomic mass is 10.1. The minimum Gasteiger partial charge on any atom is -0.375 e. The van der Waals surface area contributed by atoms with Gasteiger partial charge < -0.3 is 19.7 Å². The van der Waals surface area contributed by atoms with E-state index in [1.807, 2.05) is 4.90 Å². The van der Waals surface area contributed by atoms with Crippen molar-refractivity contribution in [3.63, 3.8) is 0 Å². The van der Waals surface area contributed by atoms with Crippen LogP contribution < -0.4 is 5.32 Å². The van der Waals surface area contributed by atoms with Gasteiger partial charge in [-0.3, -0.25) is 0 Å². The Labute approximate surface area is 144 Å². The van der Waals surface area contributed by atoms with Crippen molar-refractivity contribution in [1.29, 1.82) is 0 Å². The zero-order valence-electron chi connectivity index (χ0n) is 14.7. The molecule has 0 saturated carbocycles. The molecule has 0 aliphatic carbocycles. The molecule has 3 rings (SSSR count). The first-order valence-corrected chi connectivity index (χ1v) is 9.12. The molecule has 2 heterocycles. The molecule has 2 amide bonds. The van der Waals surface area contributed by atoms with Crippen LogP contribution in [0, 0.1) is 0 Å². The number of hydrogen-bond donors (Lipinski definition) is 1. The molecule has 0 unspecified atom stereocenters. The van der Waals surface area contributed by atoms with E-state index in [4.69, 9.17) is 9.47 Å². The van der Waals surface area contributed by atoms with Gasteiger partial charge in [-0.05, 0) is 42.9 Å². The average Bonchev–Trinajstić information content (AvgIpc) is 3.16. The highest BCUT2D eigenvalue weighted by molar-refractivity contribution is 5.90. The van der Waals surface area contributed by atoms with Crippen molar-refractivity contribution in [2.75, 3.05) is 31.6 Å². The summed E-state index contributed by atoms with van der Waals surface area (Å²) in [7, 11) is 0. The monoisotopic (exact) mass is 332 g/mol. The molecule has 132 valence electrons. The number of nitrogens with zero attached hydrogens (tertiary/aromatic N) is 1. The highest BCUT2D eigenvalue weighted by atomic mass is 16.5. The highest BCUT2D eigenvalue weighted by Crippen LogP contribution is 2.23. The fraction of sp³-hybridized carbons (Fsp3) is 0.632. The van der Waals surface area contributed by atoms with Crippen molar-refractivity contribution in [3.05, 3.63) is 29.3 Å². The standard InChI is InChI=1S/C19H28N2O3/c1-3-14-7-8-15(4-2)16(12-14)20-19(22)21-9-11-24-18(13-21)17-6-5-10-23-17/h7-8,12,17-18H,3-6,9-11,13H2,1-2H3,(H,20,22)/t17-,18+/m1/s1. The number of ether oxygens (including phenoxy) is 2. The van der Waals surface area contributed by atoms with Crippen LogP contribution in [-0.2, 0) is 22.3 Å². The maximum atomic E-state index is 12.7. The van der Waals surface area contributed by atoms with Crippen LogP contribution >= 0.6 is 0 Å². The molecule has 1 aromatic carbocycles. The predicted octanol–water partition coefficient (Wildman–Crippen LogP) is 3.22. The lowest BCUT2D eigenvalue weighted by Crippen LogP contribution is -2.51. The van der Waals surface area contributed by atoms with Crippen LogP contribution in [0.5, 0.6) is 0 Å². The van der Waals surface area contributed by atoms with Gasteiger partial charge in [0.25, 0.3) is 0 Å². The van der Waals surface area contributed by atoms with E-state index in [1.54, 1.807) is 0 Å². The molecule has 5 nitrogen and oxygen atoms in total. The first-order chi connectivity index (χ1) is 11.7. The van der Waals surface area contributed by atoms with Crippen molar-refractivity contribution in [2.45, 2.75) is 51.7 Å².